The van der Waals surface area contributed by atoms with E-state index in [0.29, 0.717) is 35.5 Å². The van der Waals surface area contributed by atoms with Gasteiger partial charge in [-0.2, -0.15) is 0 Å². The van der Waals surface area contributed by atoms with E-state index in [2.05, 4.69) is 13.2 Å². The molecule has 0 bridgehead atoms. The maximum Gasteiger partial charge on any atom is 0.131 e. The third-order valence-electron chi connectivity index (χ3n) is 4.51. The Kier molecular flexibility index (Phi) is 6.51. The normalized spacial score (nSPS) is 10.6. The molecule has 142 valence electrons. The molecule has 3 rings (SSSR count). The summed E-state index contributed by atoms with van der Waals surface area (Å²) >= 11 is 0. The van der Waals surface area contributed by atoms with E-state index < -0.39 is 5.82 Å². The van der Waals surface area contributed by atoms with Crippen molar-refractivity contribution in [3.63, 3.8) is 0 Å². The molecule has 1 nitrogen and oxygen atoms in total. The van der Waals surface area contributed by atoms with Crippen LogP contribution < -0.4 is 0 Å². The summed E-state index contributed by atoms with van der Waals surface area (Å²) in [7, 11) is 0. The van der Waals surface area contributed by atoms with Crippen molar-refractivity contribution in [1.82, 2.24) is 0 Å². The van der Waals surface area contributed by atoms with E-state index in [-0.39, 0.29) is 5.82 Å². The average molecular weight is 376 g/mol. The van der Waals surface area contributed by atoms with Crippen LogP contribution >= 0.6 is 0 Å². The Balaban J connectivity index is 1.79. The van der Waals surface area contributed by atoms with E-state index in [1.807, 2.05) is 30.3 Å². The third kappa shape index (κ3) is 4.62. The van der Waals surface area contributed by atoms with E-state index in [1.54, 1.807) is 30.3 Å². The van der Waals surface area contributed by atoms with Gasteiger partial charge in [-0.3, -0.25) is 0 Å². The van der Waals surface area contributed by atoms with Gasteiger partial charge in [0.05, 0.1) is 13.2 Å². The van der Waals surface area contributed by atoms with Crippen molar-refractivity contribution < 1.29 is 13.5 Å². The third-order valence-corrected chi connectivity index (χ3v) is 4.51. The fourth-order valence-electron chi connectivity index (χ4n) is 2.95. The molecular weight excluding hydrogens is 354 g/mol. The lowest BCUT2D eigenvalue weighted by atomic mass is 9.98. The minimum absolute atomic E-state index is 0.364. The number of ether oxygens (including phenoxy) is 1. The minimum Gasteiger partial charge on any atom is -0.376 e. The molecule has 3 heteroatoms. The zero-order chi connectivity index (χ0) is 19.9. The summed E-state index contributed by atoms with van der Waals surface area (Å²) in [5.41, 5.74) is 3.82. The predicted molar refractivity (Wildman–Crippen MR) is 112 cm³/mol. The van der Waals surface area contributed by atoms with Crippen LogP contribution in [0.3, 0.4) is 0 Å². The first-order valence-electron chi connectivity index (χ1n) is 9.12. The van der Waals surface area contributed by atoms with Gasteiger partial charge < -0.3 is 4.74 Å². The number of rotatable bonds is 8. The molecule has 3 aromatic rings. The van der Waals surface area contributed by atoms with Gasteiger partial charge in [0.2, 0.25) is 0 Å². The molecule has 0 saturated heterocycles. The monoisotopic (exact) mass is 376 g/mol. The highest BCUT2D eigenvalue weighted by Gasteiger charge is 2.11. The molecule has 0 radical (unpaired) electrons. The topological polar surface area (TPSA) is 9.23 Å². The zero-order valence-electron chi connectivity index (χ0n) is 15.6. The molecule has 0 atom stereocenters. The van der Waals surface area contributed by atoms with Crippen LogP contribution in [0.4, 0.5) is 8.78 Å². The van der Waals surface area contributed by atoms with Crippen molar-refractivity contribution in [2.24, 2.45) is 0 Å². The molecule has 0 unspecified atom stereocenters. The first-order valence-corrected chi connectivity index (χ1v) is 9.12. The summed E-state index contributed by atoms with van der Waals surface area (Å²) in [6.07, 6.45) is 4.20. The predicted octanol–water partition coefficient (Wildman–Crippen LogP) is 7.03. The van der Waals surface area contributed by atoms with Gasteiger partial charge in [0.1, 0.15) is 11.6 Å². The van der Waals surface area contributed by atoms with Crippen molar-refractivity contribution in [1.29, 1.82) is 0 Å². The van der Waals surface area contributed by atoms with Crippen LogP contribution in [0, 0.1) is 11.6 Å². The number of hydrogen-bond donors (Lipinski definition) is 0. The van der Waals surface area contributed by atoms with Crippen LogP contribution in [0.25, 0.3) is 28.3 Å². The number of halogens is 2. The second-order valence-corrected chi connectivity index (χ2v) is 6.46. The van der Waals surface area contributed by atoms with E-state index in [4.69, 9.17) is 4.74 Å². The van der Waals surface area contributed by atoms with Gasteiger partial charge in [-0.1, -0.05) is 67.3 Å². The molecule has 0 spiro atoms. The molecule has 0 N–H and O–H groups in total. The van der Waals surface area contributed by atoms with Gasteiger partial charge >= 0.3 is 0 Å². The average Bonchev–Trinajstić information content (AvgIpc) is 2.71. The smallest absolute Gasteiger partial charge is 0.131 e. The number of hydrogen-bond acceptors (Lipinski definition) is 1. The SMILES string of the molecule is C=CCCOCc1ccc(-c2ccc(-c3ccc(C=C)cc3F)cc2F)cc1. The quantitative estimate of drug-likeness (QED) is 0.303. The molecule has 0 aromatic heterocycles. The fourth-order valence-corrected chi connectivity index (χ4v) is 2.95. The van der Waals surface area contributed by atoms with Crippen molar-refractivity contribution in [3.05, 3.63) is 103 Å². The number of benzene rings is 3. The van der Waals surface area contributed by atoms with Gasteiger partial charge in [0, 0.05) is 11.1 Å². The Morgan fingerprint density at radius 3 is 2.07 bits per heavy atom. The lowest BCUT2D eigenvalue weighted by Crippen LogP contribution is -1.94. The van der Waals surface area contributed by atoms with Crippen molar-refractivity contribution in [2.75, 3.05) is 6.61 Å². The molecule has 28 heavy (non-hydrogen) atoms. The molecule has 0 aliphatic carbocycles. The van der Waals surface area contributed by atoms with Crippen molar-refractivity contribution in [2.45, 2.75) is 13.0 Å². The van der Waals surface area contributed by atoms with Crippen molar-refractivity contribution in [3.8, 4) is 22.3 Å². The molecule has 0 aliphatic rings. The molecule has 0 amide bonds. The van der Waals surface area contributed by atoms with Gasteiger partial charge in [-0.25, -0.2) is 8.78 Å². The Bertz CT molecular complexity index is 974. The standard InChI is InChI=1S/C25H22F2O/c1-3-5-14-28-17-19-6-9-20(10-7-19)22-13-11-21(16-25(22)27)23-12-8-18(4-2)15-24(23)26/h3-4,6-13,15-16H,1-2,5,14,17H2. The second-order valence-electron chi connectivity index (χ2n) is 6.46. The second kappa shape index (κ2) is 9.25. The van der Waals surface area contributed by atoms with Gasteiger partial charge in [0.25, 0.3) is 0 Å². The summed E-state index contributed by atoms with van der Waals surface area (Å²) in [6, 6.07) is 17.1. The Morgan fingerprint density at radius 1 is 0.786 bits per heavy atom. The highest BCUT2D eigenvalue weighted by atomic mass is 19.1. The Morgan fingerprint density at radius 2 is 1.43 bits per heavy atom. The van der Waals surface area contributed by atoms with Crippen LogP contribution in [0.15, 0.2) is 79.9 Å². The molecule has 0 heterocycles. The van der Waals surface area contributed by atoms with Crippen molar-refractivity contribution >= 4 is 6.08 Å². The minimum atomic E-state index is -0.398. The molecule has 0 aliphatic heterocycles. The van der Waals surface area contributed by atoms with Crippen LogP contribution in [0.5, 0.6) is 0 Å². The first kappa shape index (κ1) is 19.7. The maximum absolute atomic E-state index is 14.7. The van der Waals surface area contributed by atoms with Crippen LogP contribution in [0.1, 0.15) is 17.5 Å². The zero-order valence-corrected chi connectivity index (χ0v) is 15.6. The Labute approximate surface area is 164 Å². The molecule has 0 fully saturated rings. The van der Waals surface area contributed by atoms with E-state index >= 15 is 0 Å². The van der Waals surface area contributed by atoms with Crippen LogP contribution in [0.2, 0.25) is 0 Å². The van der Waals surface area contributed by atoms with E-state index in [0.717, 1.165) is 17.5 Å². The highest BCUT2D eigenvalue weighted by molar-refractivity contribution is 5.72. The van der Waals surface area contributed by atoms with E-state index in [9.17, 15) is 8.78 Å². The largest absolute Gasteiger partial charge is 0.376 e. The lowest BCUT2D eigenvalue weighted by Gasteiger charge is -2.09. The lowest BCUT2D eigenvalue weighted by molar-refractivity contribution is 0.125. The maximum atomic E-state index is 14.7. The fraction of sp³-hybridized carbons (Fsp3) is 0.120. The highest BCUT2D eigenvalue weighted by Crippen LogP contribution is 2.30. The van der Waals surface area contributed by atoms with Crippen LogP contribution in [-0.4, -0.2) is 6.61 Å². The molecular formula is C25H22F2O. The van der Waals surface area contributed by atoms with Gasteiger partial charge in [-0.05, 0) is 40.8 Å². The Hall–Kier alpha value is -3.04. The van der Waals surface area contributed by atoms with E-state index in [1.165, 1.54) is 12.1 Å². The van der Waals surface area contributed by atoms with Gasteiger partial charge in [-0.15, -0.1) is 6.58 Å². The summed E-state index contributed by atoms with van der Waals surface area (Å²) in [5.74, 6) is -0.787. The summed E-state index contributed by atoms with van der Waals surface area (Å²) in [5, 5.41) is 0. The molecule has 3 aromatic carbocycles. The van der Waals surface area contributed by atoms with Gasteiger partial charge in [0.15, 0.2) is 0 Å². The summed E-state index contributed by atoms with van der Waals surface area (Å²) in [4.78, 5) is 0. The summed E-state index contributed by atoms with van der Waals surface area (Å²) in [6.45, 7) is 8.42. The first-order chi connectivity index (χ1) is 13.6. The summed E-state index contributed by atoms with van der Waals surface area (Å²) < 4.78 is 34.5. The molecule has 0 saturated carbocycles. The van der Waals surface area contributed by atoms with Crippen LogP contribution in [-0.2, 0) is 11.3 Å².